The molecule has 3 aromatic rings. The van der Waals surface area contributed by atoms with Gasteiger partial charge in [-0.15, -0.1) is 0 Å². The highest BCUT2D eigenvalue weighted by Crippen LogP contribution is 2.32. The zero-order valence-corrected chi connectivity index (χ0v) is 22.8. The van der Waals surface area contributed by atoms with Gasteiger partial charge in [-0.1, -0.05) is 69.3 Å². The third-order valence-corrected chi connectivity index (χ3v) is 7.12. The van der Waals surface area contributed by atoms with Crippen molar-refractivity contribution >= 4 is 17.4 Å². The van der Waals surface area contributed by atoms with Crippen molar-refractivity contribution in [2.75, 3.05) is 12.8 Å². The molecule has 1 aliphatic heterocycles. The fraction of sp³-hybridized carbons (Fsp3) is 0.387. The molecule has 4 rings (SSSR count). The number of rotatable bonds is 8. The SMILES string of the molecule is COc1ccc(-c2ccc(CCCC3=NN(Cc4ccc(C(C)(C)C)cc4)C(=O)C3(C)C)cc2)nc1N. The van der Waals surface area contributed by atoms with Gasteiger partial charge in [0.2, 0.25) is 0 Å². The number of methoxy groups -OCH3 is 1. The topological polar surface area (TPSA) is 80.8 Å². The van der Waals surface area contributed by atoms with Crippen molar-refractivity contribution in [1.82, 2.24) is 9.99 Å². The Morgan fingerprint density at radius 2 is 1.57 bits per heavy atom. The Balaban J connectivity index is 1.36. The number of carbonyl (C=O) groups is 1. The van der Waals surface area contributed by atoms with E-state index < -0.39 is 5.41 Å². The van der Waals surface area contributed by atoms with Crippen molar-refractivity contribution in [3.8, 4) is 17.0 Å². The van der Waals surface area contributed by atoms with E-state index in [0.717, 1.165) is 41.8 Å². The molecule has 37 heavy (non-hydrogen) atoms. The lowest BCUT2D eigenvalue weighted by molar-refractivity contribution is -0.135. The summed E-state index contributed by atoms with van der Waals surface area (Å²) in [4.78, 5) is 17.6. The molecule has 0 fully saturated rings. The second-order valence-corrected chi connectivity index (χ2v) is 11.3. The van der Waals surface area contributed by atoms with E-state index in [9.17, 15) is 4.79 Å². The highest BCUT2D eigenvalue weighted by Gasteiger charge is 2.42. The zero-order valence-electron chi connectivity index (χ0n) is 22.8. The molecule has 194 valence electrons. The van der Waals surface area contributed by atoms with Crippen LogP contribution in [0.15, 0.2) is 65.8 Å². The molecule has 0 spiro atoms. The van der Waals surface area contributed by atoms with Crippen LogP contribution in [-0.4, -0.2) is 28.7 Å². The second kappa shape index (κ2) is 10.4. The lowest BCUT2D eigenvalue weighted by Crippen LogP contribution is -2.34. The summed E-state index contributed by atoms with van der Waals surface area (Å²) in [6.45, 7) is 11.1. The normalized spacial score (nSPS) is 15.1. The third kappa shape index (κ3) is 5.85. The summed E-state index contributed by atoms with van der Waals surface area (Å²) >= 11 is 0. The fourth-order valence-electron chi connectivity index (χ4n) is 4.61. The van der Waals surface area contributed by atoms with E-state index in [4.69, 9.17) is 15.6 Å². The number of nitrogens with zero attached hydrogens (tertiary/aromatic N) is 3. The molecule has 0 unspecified atom stereocenters. The minimum absolute atomic E-state index is 0.0676. The molecule has 0 saturated heterocycles. The van der Waals surface area contributed by atoms with Crippen molar-refractivity contribution in [2.24, 2.45) is 10.5 Å². The molecule has 0 atom stereocenters. The molecule has 6 heteroatoms. The molecule has 2 aromatic carbocycles. The number of nitrogens with two attached hydrogens (primary N) is 1. The van der Waals surface area contributed by atoms with Gasteiger partial charge in [-0.25, -0.2) is 9.99 Å². The lowest BCUT2D eigenvalue weighted by Gasteiger charge is -2.21. The Morgan fingerprint density at radius 3 is 2.16 bits per heavy atom. The van der Waals surface area contributed by atoms with Crippen LogP contribution in [0.2, 0.25) is 0 Å². The van der Waals surface area contributed by atoms with Gasteiger partial charge < -0.3 is 10.5 Å². The van der Waals surface area contributed by atoms with Crippen LogP contribution in [0.3, 0.4) is 0 Å². The molecule has 0 radical (unpaired) electrons. The van der Waals surface area contributed by atoms with Crippen LogP contribution in [0.1, 0.15) is 64.2 Å². The zero-order chi connectivity index (χ0) is 26.8. The van der Waals surface area contributed by atoms with Crippen LogP contribution in [0, 0.1) is 5.41 Å². The standard InChI is InChI=1S/C31H38N4O2/c1-30(2,3)24-16-12-22(13-17-24)20-35-29(36)31(4,5)27(34-35)9-7-8-21-10-14-23(15-11-21)25-18-19-26(37-6)28(32)33-25/h10-19H,7-9,20H2,1-6H3,(H2,32,33). The number of hydrogen-bond donors (Lipinski definition) is 1. The molecule has 1 aromatic heterocycles. The van der Waals surface area contributed by atoms with E-state index in [0.29, 0.717) is 18.1 Å². The van der Waals surface area contributed by atoms with Gasteiger partial charge >= 0.3 is 0 Å². The van der Waals surface area contributed by atoms with Crippen LogP contribution in [-0.2, 0) is 23.2 Å². The minimum Gasteiger partial charge on any atom is -0.493 e. The predicted molar refractivity (Wildman–Crippen MR) is 150 cm³/mol. The summed E-state index contributed by atoms with van der Waals surface area (Å²) in [5, 5.41) is 6.41. The Morgan fingerprint density at radius 1 is 0.919 bits per heavy atom. The largest absolute Gasteiger partial charge is 0.493 e. The third-order valence-electron chi connectivity index (χ3n) is 7.12. The molecule has 0 bridgehead atoms. The number of nitrogen functional groups attached to an aromatic ring is 1. The number of pyridine rings is 1. The highest BCUT2D eigenvalue weighted by atomic mass is 16.5. The maximum Gasteiger partial charge on any atom is 0.254 e. The average Bonchev–Trinajstić information content (AvgIpc) is 3.07. The molecule has 2 N–H and O–H groups in total. The van der Waals surface area contributed by atoms with E-state index in [-0.39, 0.29) is 11.3 Å². The summed E-state index contributed by atoms with van der Waals surface area (Å²) in [7, 11) is 1.58. The molecule has 0 aliphatic carbocycles. The number of amides is 1. The number of ether oxygens (including phenoxy) is 1. The van der Waals surface area contributed by atoms with Crippen LogP contribution >= 0.6 is 0 Å². The summed E-state index contributed by atoms with van der Waals surface area (Å²) in [6, 6.07) is 20.6. The van der Waals surface area contributed by atoms with E-state index in [1.165, 1.54) is 11.1 Å². The maximum absolute atomic E-state index is 13.1. The Labute approximate surface area is 220 Å². The van der Waals surface area contributed by atoms with E-state index >= 15 is 0 Å². The first kappa shape index (κ1) is 26.4. The van der Waals surface area contributed by atoms with Crippen LogP contribution in [0.25, 0.3) is 11.3 Å². The Bertz CT molecular complexity index is 1290. The van der Waals surface area contributed by atoms with Gasteiger partial charge in [-0.2, -0.15) is 5.10 Å². The monoisotopic (exact) mass is 498 g/mol. The van der Waals surface area contributed by atoms with Gasteiger partial charge in [0.05, 0.1) is 30.5 Å². The first-order valence-corrected chi connectivity index (χ1v) is 12.9. The van der Waals surface area contributed by atoms with E-state index in [2.05, 4.69) is 74.3 Å². The van der Waals surface area contributed by atoms with Gasteiger partial charge in [0.15, 0.2) is 11.6 Å². The van der Waals surface area contributed by atoms with Gasteiger partial charge in [-0.05, 0) is 67.3 Å². The molecule has 0 saturated carbocycles. The smallest absolute Gasteiger partial charge is 0.254 e. The van der Waals surface area contributed by atoms with Crippen molar-refractivity contribution in [3.05, 3.63) is 77.4 Å². The summed E-state index contributed by atoms with van der Waals surface area (Å²) in [6.07, 6.45) is 2.63. The van der Waals surface area contributed by atoms with Crippen LogP contribution < -0.4 is 10.5 Å². The van der Waals surface area contributed by atoms with Crippen molar-refractivity contribution < 1.29 is 9.53 Å². The average molecular weight is 499 g/mol. The maximum atomic E-state index is 13.1. The van der Waals surface area contributed by atoms with Gasteiger partial charge in [0.1, 0.15) is 0 Å². The first-order valence-electron chi connectivity index (χ1n) is 12.9. The van der Waals surface area contributed by atoms with Gasteiger partial charge in [0, 0.05) is 5.56 Å². The second-order valence-electron chi connectivity index (χ2n) is 11.3. The van der Waals surface area contributed by atoms with Gasteiger partial charge in [0.25, 0.3) is 5.91 Å². The van der Waals surface area contributed by atoms with Crippen LogP contribution in [0.4, 0.5) is 5.82 Å². The van der Waals surface area contributed by atoms with Gasteiger partial charge in [-0.3, -0.25) is 4.79 Å². The van der Waals surface area contributed by atoms with Crippen molar-refractivity contribution in [3.63, 3.8) is 0 Å². The number of hydrogen-bond acceptors (Lipinski definition) is 5. The number of benzene rings is 2. The Hall–Kier alpha value is -3.67. The molecular weight excluding hydrogens is 460 g/mol. The Kier molecular flexibility index (Phi) is 7.39. The van der Waals surface area contributed by atoms with Crippen molar-refractivity contribution in [2.45, 2.75) is 65.8 Å². The lowest BCUT2D eigenvalue weighted by atomic mass is 9.84. The van der Waals surface area contributed by atoms with Crippen LogP contribution in [0.5, 0.6) is 5.75 Å². The molecule has 1 amide bonds. The highest BCUT2D eigenvalue weighted by molar-refractivity contribution is 6.11. The van der Waals surface area contributed by atoms with E-state index in [1.807, 2.05) is 26.0 Å². The quantitative estimate of drug-likeness (QED) is 0.390. The summed E-state index contributed by atoms with van der Waals surface area (Å²) in [5.74, 6) is 1.03. The first-order chi connectivity index (χ1) is 17.5. The molecular formula is C31H38N4O2. The van der Waals surface area contributed by atoms with E-state index in [1.54, 1.807) is 12.1 Å². The number of aromatic nitrogens is 1. The summed E-state index contributed by atoms with van der Waals surface area (Å²) < 4.78 is 5.19. The number of anilines is 1. The number of hydrazone groups is 1. The predicted octanol–water partition coefficient (Wildman–Crippen LogP) is 6.38. The molecule has 1 aliphatic rings. The fourth-order valence-corrected chi connectivity index (χ4v) is 4.61. The number of carbonyl (C=O) groups excluding carboxylic acids is 1. The number of aryl methyl sites for hydroxylation is 1. The minimum atomic E-state index is -0.574. The molecule has 6 nitrogen and oxygen atoms in total. The molecule has 2 heterocycles. The summed E-state index contributed by atoms with van der Waals surface area (Å²) in [5.41, 5.74) is 11.9. The van der Waals surface area contributed by atoms with Crippen molar-refractivity contribution in [1.29, 1.82) is 0 Å².